The van der Waals surface area contributed by atoms with Crippen molar-refractivity contribution in [3.63, 3.8) is 0 Å². The number of aryl methyl sites for hydroxylation is 1. The van der Waals surface area contributed by atoms with Crippen LogP contribution in [0.25, 0.3) is 0 Å². The highest BCUT2D eigenvalue weighted by Crippen LogP contribution is 2.07. The second-order valence-electron chi connectivity index (χ2n) is 2.63. The summed E-state index contributed by atoms with van der Waals surface area (Å²) in [5, 5.41) is 10.4. The van der Waals surface area contributed by atoms with Crippen molar-refractivity contribution in [3.8, 4) is 0 Å². The molecule has 1 heterocycles. The molecule has 6 nitrogen and oxygen atoms in total. The highest BCUT2D eigenvalue weighted by molar-refractivity contribution is 5.75. The Morgan fingerprint density at radius 1 is 1.77 bits per heavy atom. The van der Waals surface area contributed by atoms with Gasteiger partial charge in [-0.05, 0) is 11.8 Å². The summed E-state index contributed by atoms with van der Waals surface area (Å²) in [6, 6.07) is 0. The fourth-order valence-electron chi connectivity index (χ4n) is 0.926. The quantitative estimate of drug-likeness (QED) is 0.510. The van der Waals surface area contributed by atoms with E-state index in [0.717, 1.165) is 0 Å². The monoisotopic (exact) mass is 183 g/mol. The molecule has 0 aromatic carbocycles. The molecule has 1 aromatic heterocycles. The lowest BCUT2D eigenvalue weighted by molar-refractivity contribution is -0.396. The number of imidazole rings is 1. The Kier molecular flexibility index (Phi) is 2.73. The van der Waals surface area contributed by atoms with Gasteiger partial charge in [-0.3, -0.25) is 4.79 Å². The number of carbonyl (C=O) groups excluding carboxylic acids is 1. The number of aromatic nitrogens is 2. The van der Waals surface area contributed by atoms with Gasteiger partial charge < -0.3 is 10.1 Å². The lowest BCUT2D eigenvalue weighted by atomic mass is 10.3. The van der Waals surface area contributed by atoms with Crippen LogP contribution in [0.2, 0.25) is 0 Å². The van der Waals surface area contributed by atoms with Gasteiger partial charge in [-0.1, -0.05) is 4.98 Å². The van der Waals surface area contributed by atoms with Gasteiger partial charge >= 0.3 is 5.95 Å². The van der Waals surface area contributed by atoms with E-state index in [0.29, 0.717) is 6.54 Å². The third kappa shape index (κ3) is 2.36. The predicted molar refractivity (Wildman–Crippen MR) is 44.2 cm³/mol. The molecule has 0 atom stereocenters. The van der Waals surface area contributed by atoms with Gasteiger partial charge in [-0.25, -0.2) is 4.57 Å². The van der Waals surface area contributed by atoms with Crippen LogP contribution in [0.1, 0.15) is 13.3 Å². The maximum absolute atomic E-state index is 10.6. The van der Waals surface area contributed by atoms with Crippen molar-refractivity contribution in [2.75, 3.05) is 0 Å². The Hall–Kier alpha value is -1.72. The fraction of sp³-hybridized carbons (Fsp3) is 0.429. The van der Waals surface area contributed by atoms with Gasteiger partial charge in [0.15, 0.2) is 0 Å². The Bertz CT molecular complexity index is 331. The van der Waals surface area contributed by atoms with Crippen LogP contribution in [-0.4, -0.2) is 20.3 Å². The van der Waals surface area contributed by atoms with Gasteiger partial charge in [0.25, 0.3) is 0 Å². The lowest BCUT2D eigenvalue weighted by Crippen LogP contribution is -2.05. The fourth-order valence-corrected chi connectivity index (χ4v) is 0.926. The molecule has 0 aliphatic heterocycles. The van der Waals surface area contributed by atoms with Gasteiger partial charge in [-0.2, -0.15) is 0 Å². The Balaban J connectivity index is 2.71. The van der Waals surface area contributed by atoms with Crippen molar-refractivity contribution in [2.24, 2.45) is 0 Å². The molecule has 0 saturated heterocycles. The molecular weight excluding hydrogens is 174 g/mol. The predicted octanol–water partition coefficient (Wildman–Crippen LogP) is 0.770. The number of nitrogens with zero attached hydrogens (tertiary/aromatic N) is 3. The van der Waals surface area contributed by atoms with Crippen LogP contribution in [0, 0.1) is 10.1 Å². The summed E-state index contributed by atoms with van der Waals surface area (Å²) < 4.78 is 1.35. The molecule has 1 rings (SSSR count). The molecule has 0 aliphatic rings. The van der Waals surface area contributed by atoms with Crippen LogP contribution in [0.5, 0.6) is 0 Å². The van der Waals surface area contributed by atoms with Gasteiger partial charge in [0.1, 0.15) is 18.2 Å². The van der Waals surface area contributed by atoms with E-state index in [9.17, 15) is 14.9 Å². The summed E-state index contributed by atoms with van der Waals surface area (Å²) in [7, 11) is 0. The molecule has 0 amide bonds. The Morgan fingerprint density at radius 2 is 2.46 bits per heavy atom. The molecule has 70 valence electrons. The molecule has 0 radical (unpaired) electrons. The van der Waals surface area contributed by atoms with E-state index in [4.69, 9.17) is 0 Å². The lowest BCUT2D eigenvalue weighted by Gasteiger charge is -1.98. The third-order valence-electron chi connectivity index (χ3n) is 1.56. The van der Waals surface area contributed by atoms with Crippen LogP contribution >= 0.6 is 0 Å². The number of nitro groups is 1. The minimum Gasteiger partial charge on any atom is -0.390 e. The normalized spacial score (nSPS) is 9.92. The summed E-state index contributed by atoms with van der Waals surface area (Å²) in [5.74, 6) is -0.218. The zero-order valence-electron chi connectivity index (χ0n) is 7.14. The van der Waals surface area contributed by atoms with E-state index in [-0.39, 0.29) is 18.2 Å². The molecular formula is C7H9N3O3. The third-order valence-corrected chi connectivity index (χ3v) is 1.56. The van der Waals surface area contributed by atoms with Gasteiger partial charge in [0.2, 0.25) is 0 Å². The van der Waals surface area contributed by atoms with E-state index < -0.39 is 4.92 Å². The number of ketones is 1. The van der Waals surface area contributed by atoms with E-state index in [1.54, 1.807) is 0 Å². The smallest absolute Gasteiger partial charge is 0.390 e. The zero-order chi connectivity index (χ0) is 9.84. The maximum atomic E-state index is 10.6. The molecule has 0 N–H and O–H groups in total. The minimum absolute atomic E-state index is 0.00278. The average Bonchev–Trinajstić information content (AvgIpc) is 2.47. The molecule has 0 spiro atoms. The number of carbonyl (C=O) groups is 1. The van der Waals surface area contributed by atoms with Crippen LogP contribution in [0.3, 0.4) is 0 Å². The average molecular weight is 183 g/mol. The van der Waals surface area contributed by atoms with Gasteiger partial charge in [-0.15, -0.1) is 0 Å². The number of Topliss-reactive ketones (excluding diaryl/α,β-unsaturated/α-hetero) is 1. The van der Waals surface area contributed by atoms with Crippen LogP contribution in [0.15, 0.2) is 12.4 Å². The van der Waals surface area contributed by atoms with Gasteiger partial charge in [0, 0.05) is 6.42 Å². The van der Waals surface area contributed by atoms with Crippen molar-refractivity contribution in [1.29, 1.82) is 0 Å². The van der Waals surface area contributed by atoms with Gasteiger partial charge in [0.05, 0.1) is 6.54 Å². The summed E-state index contributed by atoms with van der Waals surface area (Å²) in [6.07, 6.45) is 3.12. The molecule has 6 heteroatoms. The minimum atomic E-state index is -0.569. The first-order valence-corrected chi connectivity index (χ1v) is 3.76. The summed E-state index contributed by atoms with van der Waals surface area (Å²) >= 11 is 0. The number of hydrogen-bond donors (Lipinski definition) is 0. The van der Waals surface area contributed by atoms with E-state index in [1.165, 1.54) is 23.9 Å². The van der Waals surface area contributed by atoms with Crippen molar-refractivity contribution in [2.45, 2.75) is 19.9 Å². The Morgan fingerprint density at radius 3 is 3.00 bits per heavy atom. The molecule has 0 bridgehead atoms. The zero-order valence-corrected chi connectivity index (χ0v) is 7.14. The molecule has 0 aliphatic carbocycles. The van der Waals surface area contributed by atoms with Crippen molar-refractivity contribution in [1.82, 2.24) is 9.55 Å². The van der Waals surface area contributed by atoms with Crippen molar-refractivity contribution < 1.29 is 9.72 Å². The summed E-state index contributed by atoms with van der Waals surface area (Å²) in [6.45, 7) is 1.76. The second-order valence-corrected chi connectivity index (χ2v) is 2.63. The molecule has 1 aromatic rings. The number of rotatable bonds is 4. The highest BCUT2D eigenvalue weighted by Gasteiger charge is 2.13. The van der Waals surface area contributed by atoms with E-state index >= 15 is 0 Å². The standard InChI is InChI=1S/C7H9N3O3/c1-6(11)2-4-9-5-3-8-7(9)10(12)13/h3,5H,2,4H2,1H3. The van der Waals surface area contributed by atoms with Crippen LogP contribution < -0.4 is 0 Å². The molecule has 13 heavy (non-hydrogen) atoms. The summed E-state index contributed by atoms with van der Waals surface area (Å²) in [4.78, 5) is 24.0. The highest BCUT2D eigenvalue weighted by atomic mass is 16.6. The summed E-state index contributed by atoms with van der Waals surface area (Å²) in [5.41, 5.74) is 0. The maximum Gasteiger partial charge on any atom is 0.434 e. The number of hydrogen-bond acceptors (Lipinski definition) is 4. The Labute approximate surface area is 74.3 Å². The topological polar surface area (TPSA) is 78.0 Å². The first-order valence-electron chi connectivity index (χ1n) is 3.76. The van der Waals surface area contributed by atoms with Crippen molar-refractivity contribution >= 4 is 11.7 Å². The van der Waals surface area contributed by atoms with E-state index in [1.807, 2.05) is 0 Å². The SMILES string of the molecule is CC(=O)CCn1ccnc1[N+](=O)[O-]. The van der Waals surface area contributed by atoms with Crippen LogP contribution in [-0.2, 0) is 11.3 Å². The first kappa shape index (κ1) is 9.37. The molecule has 0 unspecified atom stereocenters. The second kappa shape index (κ2) is 3.79. The van der Waals surface area contributed by atoms with E-state index in [2.05, 4.69) is 4.98 Å². The molecule has 0 fully saturated rings. The van der Waals surface area contributed by atoms with Crippen molar-refractivity contribution in [3.05, 3.63) is 22.5 Å². The van der Waals surface area contributed by atoms with Crippen LogP contribution in [0.4, 0.5) is 5.95 Å². The molecule has 0 saturated carbocycles. The largest absolute Gasteiger partial charge is 0.434 e. The first-order chi connectivity index (χ1) is 6.11.